The Morgan fingerprint density at radius 2 is 2.36 bits per heavy atom. The number of aromatic nitrogens is 2. The molecule has 1 aliphatic heterocycles. The van der Waals surface area contributed by atoms with Crippen LogP contribution in [-0.4, -0.2) is 22.4 Å². The second-order valence-electron chi connectivity index (χ2n) is 3.20. The van der Waals surface area contributed by atoms with Crippen molar-refractivity contribution in [3.05, 3.63) is 27.4 Å². The Morgan fingerprint density at radius 1 is 1.57 bits per heavy atom. The summed E-state index contributed by atoms with van der Waals surface area (Å²) in [5.74, 6) is -0.130. The van der Waals surface area contributed by atoms with Gasteiger partial charge in [-0.15, -0.1) is 0 Å². The maximum atomic E-state index is 11.5. The molecule has 14 heavy (non-hydrogen) atoms. The molecule has 74 valence electrons. The number of Topliss-reactive ketones (excluding diaryl/α,β-unsaturated/α-hetero) is 1. The summed E-state index contributed by atoms with van der Waals surface area (Å²) in [5.41, 5.74) is 1.01. The van der Waals surface area contributed by atoms with Crippen LogP contribution < -0.4 is 5.56 Å². The first-order valence-corrected chi connectivity index (χ1v) is 4.39. The fourth-order valence-electron chi connectivity index (χ4n) is 1.43. The second kappa shape index (κ2) is 3.34. The average Bonchev–Trinajstić information content (AvgIpc) is 2.17. The Bertz CT molecular complexity index is 436. The predicted octanol–water partition coefficient (Wildman–Crippen LogP) is 0.0452. The van der Waals surface area contributed by atoms with Crippen LogP contribution in [0.25, 0.3) is 0 Å². The van der Waals surface area contributed by atoms with Crippen LogP contribution in [0.3, 0.4) is 0 Å². The number of nitrogens with one attached hydrogen (secondary N) is 1. The van der Waals surface area contributed by atoms with Gasteiger partial charge < -0.3 is 9.72 Å². The molecular formula is C9H10N2O3. The summed E-state index contributed by atoms with van der Waals surface area (Å²) in [6.07, 6.45) is 0.565. The highest BCUT2D eigenvalue weighted by Gasteiger charge is 2.16. The molecule has 5 nitrogen and oxygen atoms in total. The number of hydrogen-bond donors (Lipinski definition) is 1. The average molecular weight is 194 g/mol. The Balaban J connectivity index is 2.57. The molecule has 0 aromatic carbocycles. The van der Waals surface area contributed by atoms with Gasteiger partial charge in [-0.3, -0.25) is 9.59 Å². The van der Waals surface area contributed by atoms with Gasteiger partial charge in [0.25, 0.3) is 5.56 Å². The van der Waals surface area contributed by atoms with E-state index < -0.39 is 0 Å². The first-order chi connectivity index (χ1) is 6.68. The van der Waals surface area contributed by atoms with E-state index in [-0.39, 0.29) is 17.2 Å². The molecular weight excluding hydrogens is 184 g/mol. The fourth-order valence-corrected chi connectivity index (χ4v) is 1.43. The van der Waals surface area contributed by atoms with E-state index in [1.807, 2.05) is 0 Å². The van der Waals surface area contributed by atoms with Crippen molar-refractivity contribution >= 4 is 5.78 Å². The van der Waals surface area contributed by atoms with Gasteiger partial charge in [-0.2, -0.15) is 0 Å². The maximum Gasteiger partial charge on any atom is 0.254 e. The molecule has 1 aliphatic rings. The quantitative estimate of drug-likeness (QED) is 0.641. The molecule has 0 atom stereocenters. The Morgan fingerprint density at radius 3 is 3.07 bits per heavy atom. The topological polar surface area (TPSA) is 72.0 Å². The van der Waals surface area contributed by atoms with Crippen LogP contribution in [0.4, 0.5) is 0 Å². The van der Waals surface area contributed by atoms with Crippen molar-refractivity contribution in [2.75, 3.05) is 6.61 Å². The first-order valence-electron chi connectivity index (χ1n) is 4.39. The van der Waals surface area contributed by atoms with Gasteiger partial charge in [0, 0.05) is 18.9 Å². The predicted molar refractivity (Wildman–Crippen MR) is 48.2 cm³/mol. The first kappa shape index (κ1) is 9.08. The normalized spacial score (nSPS) is 14.9. The van der Waals surface area contributed by atoms with Crippen molar-refractivity contribution in [1.82, 2.24) is 9.97 Å². The highest BCUT2D eigenvalue weighted by atomic mass is 16.5. The van der Waals surface area contributed by atoms with Crippen molar-refractivity contribution in [3.8, 4) is 0 Å². The lowest BCUT2D eigenvalue weighted by atomic mass is 10.1. The number of hydrogen-bond acceptors (Lipinski definition) is 4. The maximum absolute atomic E-state index is 11.5. The minimum absolute atomic E-state index is 0.110. The zero-order chi connectivity index (χ0) is 10.1. The standard InChI is InChI=1S/C9H10N2O3/c1-5(12)8-10-7-4-14-3-2-6(7)9(13)11-8/h2-4H2,1H3,(H,10,11,13). The zero-order valence-electron chi connectivity index (χ0n) is 7.79. The molecule has 0 aliphatic carbocycles. The second-order valence-corrected chi connectivity index (χ2v) is 3.20. The SMILES string of the molecule is CC(=O)c1nc2c(c(=O)[nH]1)CCOC2. The summed E-state index contributed by atoms with van der Waals surface area (Å²) in [5, 5.41) is 0. The van der Waals surface area contributed by atoms with E-state index in [1.54, 1.807) is 0 Å². The van der Waals surface area contributed by atoms with Crippen LogP contribution in [0, 0.1) is 0 Å². The van der Waals surface area contributed by atoms with E-state index in [1.165, 1.54) is 6.92 Å². The number of ether oxygens (including phenoxy) is 1. The lowest BCUT2D eigenvalue weighted by molar-refractivity contribution is 0.0987. The van der Waals surface area contributed by atoms with Gasteiger partial charge in [0.1, 0.15) is 0 Å². The number of rotatable bonds is 1. The van der Waals surface area contributed by atoms with Crippen LogP contribution in [0.1, 0.15) is 28.8 Å². The van der Waals surface area contributed by atoms with Gasteiger partial charge in [-0.1, -0.05) is 0 Å². The number of H-pyrrole nitrogens is 1. The molecule has 1 aromatic heterocycles. The molecule has 0 spiro atoms. The van der Waals surface area contributed by atoms with Crippen LogP contribution in [0.5, 0.6) is 0 Å². The number of aromatic amines is 1. The molecule has 5 heteroatoms. The highest BCUT2D eigenvalue weighted by Crippen LogP contribution is 2.09. The highest BCUT2D eigenvalue weighted by molar-refractivity contribution is 5.90. The van der Waals surface area contributed by atoms with Crippen molar-refractivity contribution in [3.63, 3.8) is 0 Å². The zero-order valence-corrected chi connectivity index (χ0v) is 7.79. The van der Waals surface area contributed by atoms with E-state index in [0.29, 0.717) is 30.9 Å². The molecule has 0 unspecified atom stereocenters. The number of ketones is 1. The number of fused-ring (bicyclic) bond motifs is 1. The van der Waals surface area contributed by atoms with Crippen molar-refractivity contribution in [2.45, 2.75) is 20.0 Å². The lowest BCUT2D eigenvalue weighted by Crippen LogP contribution is -2.26. The van der Waals surface area contributed by atoms with Crippen molar-refractivity contribution in [1.29, 1.82) is 0 Å². The summed E-state index contributed by atoms with van der Waals surface area (Å²) >= 11 is 0. The van der Waals surface area contributed by atoms with E-state index in [9.17, 15) is 9.59 Å². The minimum atomic E-state index is -0.240. The lowest BCUT2D eigenvalue weighted by Gasteiger charge is -2.14. The molecule has 0 amide bonds. The van der Waals surface area contributed by atoms with Gasteiger partial charge in [-0.05, 0) is 0 Å². The number of carbonyl (C=O) groups is 1. The molecule has 1 N–H and O–H groups in total. The van der Waals surface area contributed by atoms with E-state index in [2.05, 4.69) is 9.97 Å². The number of nitrogens with zero attached hydrogens (tertiary/aromatic N) is 1. The van der Waals surface area contributed by atoms with E-state index >= 15 is 0 Å². The molecule has 1 aromatic rings. The smallest absolute Gasteiger partial charge is 0.254 e. The minimum Gasteiger partial charge on any atom is -0.375 e. The monoisotopic (exact) mass is 194 g/mol. The molecule has 0 saturated heterocycles. The van der Waals surface area contributed by atoms with Gasteiger partial charge in [0.15, 0.2) is 11.6 Å². The fraction of sp³-hybridized carbons (Fsp3) is 0.444. The van der Waals surface area contributed by atoms with Gasteiger partial charge >= 0.3 is 0 Å². The molecule has 0 bridgehead atoms. The van der Waals surface area contributed by atoms with E-state index in [4.69, 9.17) is 4.74 Å². The largest absolute Gasteiger partial charge is 0.375 e. The molecule has 2 rings (SSSR count). The third kappa shape index (κ3) is 1.46. The molecule has 0 saturated carbocycles. The van der Waals surface area contributed by atoms with Gasteiger partial charge in [0.2, 0.25) is 0 Å². The van der Waals surface area contributed by atoms with Crippen molar-refractivity contribution < 1.29 is 9.53 Å². The van der Waals surface area contributed by atoms with Gasteiger partial charge in [0.05, 0.1) is 18.9 Å². The van der Waals surface area contributed by atoms with Crippen LogP contribution in [-0.2, 0) is 17.8 Å². The summed E-state index contributed by atoms with van der Waals surface area (Å²) in [4.78, 5) is 29.0. The molecule has 0 fully saturated rings. The van der Waals surface area contributed by atoms with Crippen molar-refractivity contribution in [2.24, 2.45) is 0 Å². The summed E-state index contributed by atoms with van der Waals surface area (Å²) < 4.78 is 5.16. The summed E-state index contributed by atoms with van der Waals surface area (Å²) in [6, 6.07) is 0. The third-order valence-electron chi connectivity index (χ3n) is 2.17. The van der Waals surface area contributed by atoms with Crippen LogP contribution >= 0.6 is 0 Å². The Kier molecular flexibility index (Phi) is 2.17. The molecule has 2 heterocycles. The van der Waals surface area contributed by atoms with E-state index in [0.717, 1.165) is 0 Å². The van der Waals surface area contributed by atoms with Crippen LogP contribution in [0.15, 0.2) is 4.79 Å². The van der Waals surface area contributed by atoms with Gasteiger partial charge in [-0.25, -0.2) is 4.98 Å². The molecule has 0 radical (unpaired) electrons. The number of carbonyl (C=O) groups excluding carboxylic acids is 1. The Labute approximate surface area is 80.1 Å². The summed E-state index contributed by atoms with van der Waals surface area (Å²) in [6.45, 7) is 2.23. The van der Waals surface area contributed by atoms with Crippen LogP contribution in [0.2, 0.25) is 0 Å². The summed E-state index contributed by atoms with van der Waals surface area (Å²) in [7, 11) is 0. The third-order valence-corrected chi connectivity index (χ3v) is 2.17. The Hall–Kier alpha value is -1.49.